The average Bonchev–Trinajstić information content (AvgIpc) is 3.37. The van der Waals surface area contributed by atoms with Crippen molar-refractivity contribution >= 4 is 52.6 Å². The fraction of sp³-hybridized carbons (Fsp3) is 0.516. The van der Waals surface area contributed by atoms with Crippen molar-refractivity contribution in [2.24, 2.45) is 10.3 Å². The van der Waals surface area contributed by atoms with E-state index >= 15 is 0 Å². The molecule has 0 saturated carbocycles. The Morgan fingerprint density at radius 1 is 0.896 bits per heavy atom. The van der Waals surface area contributed by atoms with E-state index in [4.69, 9.17) is 23.8 Å². The molecule has 1 heterocycles. The first kappa shape index (κ1) is 39.2. The van der Waals surface area contributed by atoms with Gasteiger partial charge in [0.2, 0.25) is 5.71 Å². The van der Waals surface area contributed by atoms with Gasteiger partial charge in [-0.2, -0.15) is 10.1 Å². The van der Waals surface area contributed by atoms with Crippen molar-refractivity contribution in [2.45, 2.75) is 79.1 Å². The first-order valence-electron chi connectivity index (χ1n) is 14.8. The third-order valence-electron chi connectivity index (χ3n) is 4.98. The van der Waals surface area contributed by atoms with Gasteiger partial charge in [-0.05, 0) is 92.1 Å². The number of nitrogens with one attached hydrogen (secondary N) is 2. The van der Waals surface area contributed by atoms with Gasteiger partial charge in [0.25, 0.3) is 0 Å². The Labute approximate surface area is 283 Å². The minimum Gasteiger partial charge on any atom is -0.490 e. The number of rotatable bonds is 13. The molecule has 0 aliphatic rings. The Bertz CT molecular complexity index is 1450. The van der Waals surface area contributed by atoms with Crippen LogP contribution in [0.15, 0.2) is 39.9 Å². The average molecular weight is 693 g/mol. The van der Waals surface area contributed by atoms with Crippen molar-refractivity contribution in [3.05, 3.63) is 40.9 Å². The van der Waals surface area contributed by atoms with Crippen LogP contribution in [0.5, 0.6) is 5.75 Å². The number of anilines is 1. The number of hydrogen-bond donors (Lipinski definition) is 3. The fourth-order valence-corrected chi connectivity index (χ4v) is 3.89. The maximum Gasteiger partial charge on any atom is 0.430 e. The minimum absolute atomic E-state index is 0.00117. The number of oxime groups is 1. The number of hydrazone groups is 1. The van der Waals surface area contributed by atoms with E-state index in [0.29, 0.717) is 11.3 Å². The van der Waals surface area contributed by atoms with Crippen LogP contribution in [0.1, 0.15) is 73.6 Å². The van der Waals surface area contributed by atoms with Crippen molar-refractivity contribution in [3.63, 3.8) is 0 Å². The highest BCUT2D eigenvalue weighted by Crippen LogP contribution is 2.18. The van der Waals surface area contributed by atoms with Gasteiger partial charge >= 0.3 is 24.2 Å². The van der Waals surface area contributed by atoms with Crippen molar-refractivity contribution in [1.82, 2.24) is 15.3 Å². The number of ether oxygens (including phenoxy) is 4. The Morgan fingerprint density at radius 2 is 1.50 bits per heavy atom. The molecule has 0 aliphatic carbocycles. The molecule has 1 aromatic carbocycles. The molecule has 2 aromatic rings. The third kappa shape index (κ3) is 16.1. The molecule has 0 bridgehead atoms. The van der Waals surface area contributed by atoms with Crippen molar-refractivity contribution < 1.29 is 48.1 Å². The van der Waals surface area contributed by atoms with E-state index in [1.807, 2.05) is 0 Å². The van der Waals surface area contributed by atoms with E-state index in [0.717, 1.165) is 16.3 Å². The Balaban J connectivity index is 1.92. The number of thiazole rings is 1. The topological polar surface area (TPSA) is 200 Å². The Morgan fingerprint density at radius 3 is 2.08 bits per heavy atom. The van der Waals surface area contributed by atoms with E-state index in [1.54, 1.807) is 86.6 Å². The SMILES string of the molecule is CC(C)(C)OC(=O)NCCN(/N=C/c1ccc(OCCO/N=C(/C(=O)O)c2csc(NC(=O)OC(C)(C)C)n2)cc1)C(=O)OC(C)(C)C. The molecule has 1 aromatic heterocycles. The quantitative estimate of drug-likeness (QED) is 0.104. The molecule has 0 atom stereocenters. The van der Waals surface area contributed by atoms with Crippen LogP contribution in [-0.4, -0.2) is 94.4 Å². The predicted octanol–water partition coefficient (Wildman–Crippen LogP) is 5.47. The van der Waals surface area contributed by atoms with Gasteiger partial charge < -0.3 is 34.2 Å². The summed E-state index contributed by atoms with van der Waals surface area (Å²) >= 11 is 1.00. The lowest BCUT2D eigenvalue weighted by atomic mass is 10.2. The standard InChI is InChI=1S/C31H44N6O10S/c1-29(2,3)45-26(40)32-14-15-37(28(42)47-31(7,8)9)33-18-20-10-12-21(13-11-20)43-16-17-44-36-23(24(38)39)22-19-48-25(34-22)35-27(41)46-30(4,5)6/h10-13,18-19H,14-17H2,1-9H3,(H,32,40)(H,38,39)(H,34,35,41)/b33-18+,36-23+. The number of benzene rings is 1. The predicted molar refractivity (Wildman–Crippen MR) is 179 cm³/mol. The lowest BCUT2D eigenvalue weighted by molar-refractivity contribution is -0.129. The molecular formula is C31H44N6O10S. The molecule has 16 nitrogen and oxygen atoms in total. The number of hydrogen-bond acceptors (Lipinski definition) is 13. The number of carboxylic acids is 1. The summed E-state index contributed by atoms with van der Waals surface area (Å²) in [6.45, 7) is 15.7. The van der Waals surface area contributed by atoms with Crippen molar-refractivity contribution in [2.75, 3.05) is 31.6 Å². The summed E-state index contributed by atoms with van der Waals surface area (Å²) in [6.07, 6.45) is -0.572. The van der Waals surface area contributed by atoms with Gasteiger partial charge in [-0.1, -0.05) is 5.16 Å². The molecule has 0 aliphatic heterocycles. The van der Waals surface area contributed by atoms with Gasteiger partial charge in [0.1, 0.15) is 34.9 Å². The lowest BCUT2D eigenvalue weighted by Gasteiger charge is -2.24. The van der Waals surface area contributed by atoms with Crippen molar-refractivity contribution in [3.8, 4) is 5.75 Å². The lowest BCUT2D eigenvalue weighted by Crippen LogP contribution is -2.40. The van der Waals surface area contributed by atoms with E-state index in [1.165, 1.54) is 11.6 Å². The summed E-state index contributed by atoms with van der Waals surface area (Å²) in [5.41, 5.74) is -1.93. The summed E-state index contributed by atoms with van der Waals surface area (Å²) in [4.78, 5) is 57.5. The van der Waals surface area contributed by atoms with Gasteiger partial charge in [0.15, 0.2) is 11.7 Å². The zero-order valence-corrected chi connectivity index (χ0v) is 29.4. The minimum atomic E-state index is -1.37. The van der Waals surface area contributed by atoms with Crippen LogP contribution >= 0.6 is 11.3 Å². The highest BCUT2D eigenvalue weighted by atomic mass is 32.1. The molecular weight excluding hydrogens is 648 g/mol. The normalized spacial score (nSPS) is 12.2. The zero-order chi connectivity index (χ0) is 36.1. The Kier molecular flexibility index (Phi) is 14.1. The van der Waals surface area contributed by atoms with Crippen LogP contribution in [0.25, 0.3) is 0 Å². The summed E-state index contributed by atoms with van der Waals surface area (Å²) in [5.74, 6) is -0.882. The molecule has 48 heavy (non-hydrogen) atoms. The molecule has 264 valence electrons. The van der Waals surface area contributed by atoms with Gasteiger partial charge in [0, 0.05) is 11.9 Å². The molecule has 0 unspecified atom stereocenters. The van der Waals surface area contributed by atoms with Crippen molar-refractivity contribution in [1.29, 1.82) is 0 Å². The molecule has 3 N–H and O–H groups in total. The van der Waals surface area contributed by atoms with Gasteiger partial charge in [-0.3, -0.25) is 5.32 Å². The Hall–Kier alpha value is -4.93. The first-order chi connectivity index (χ1) is 22.2. The number of amides is 3. The number of aromatic nitrogens is 1. The number of carbonyl (C=O) groups excluding carboxylic acids is 3. The van der Waals surface area contributed by atoms with Gasteiger partial charge in [-0.15, -0.1) is 11.3 Å². The third-order valence-corrected chi connectivity index (χ3v) is 5.74. The van der Waals surface area contributed by atoms with Gasteiger partial charge in [0.05, 0.1) is 12.8 Å². The second-order valence-corrected chi connectivity index (χ2v) is 13.8. The van der Waals surface area contributed by atoms with Crippen LogP contribution in [-0.2, 0) is 23.8 Å². The molecule has 17 heteroatoms. The second-order valence-electron chi connectivity index (χ2n) is 12.9. The highest BCUT2D eigenvalue weighted by molar-refractivity contribution is 7.14. The zero-order valence-electron chi connectivity index (χ0n) is 28.6. The highest BCUT2D eigenvalue weighted by Gasteiger charge is 2.23. The van der Waals surface area contributed by atoms with E-state index in [-0.39, 0.29) is 37.1 Å². The molecule has 3 amide bonds. The molecule has 0 radical (unpaired) electrons. The number of nitrogens with zero attached hydrogens (tertiary/aromatic N) is 4. The fourth-order valence-electron chi connectivity index (χ4n) is 3.21. The maximum absolute atomic E-state index is 12.7. The summed E-state index contributed by atoms with van der Waals surface area (Å²) in [6, 6.07) is 6.75. The van der Waals surface area contributed by atoms with Crippen LogP contribution in [0.3, 0.4) is 0 Å². The number of alkyl carbamates (subject to hydrolysis) is 1. The summed E-state index contributed by atoms with van der Waals surface area (Å²) in [5, 5.41) is 25.1. The summed E-state index contributed by atoms with van der Waals surface area (Å²) in [7, 11) is 0. The molecule has 0 spiro atoms. The number of aliphatic carboxylic acids is 1. The van der Waals surface area contributed by atoms with Crippen LogP contribution < -0.4 is 15.4 Å². The van der Waals surface area contributed by atoms with E-state index < -0.39 is 46.8 Å². The molecule has 2 rings (SSSR count). The molecule has 0 saturated heterocycles. The smallest absolute Gasteiger partial charge is 0.430 e. The summed E-state index contributed by atoms with van der Waals surface area (Å²) < 4.78 is 21.4. The van der Waals surface area contributed by atoms with Crippen LogP contribution in [0.2, 0.25) is 0 Å². The molecule has 0 fully saturated rings. The monoisotopic (exact) mass is 692 g/mol. The number of carboxylic acid groups (broad SMARTS) is 1. The van der Waals surface area contributed by atoms with E-state index in [2.05, 4.69) is 25.9 Å². The maximum atomic E-state index is 12.7. The van der Waals surface area contributed by atoms with E-state index in [9.17, 15) is 24.3 Å². The largest absolute Gasteiger partial charge is 0.490 e. The van der Waals surface area contributed by atoms with Gasteiger partial charge in [-0.25, -0.2) is 24.2 Å². The number of carbonyl (C=O) groups is 4. The first-order valence-corrected chi connectivity index (χ1v) is 15.7. The van der Waals surface area contributed by atoms with Crippen LogP contribution in [0.4, 0.5) is 19.5 Å². The second kappa shape index (κ2) is 17.3. The van der Waals surface area contributed by atoms with Crippen LogP contribution in [0, 0.1) is 0 Å².